The van der Waals surface area contributed by atoms with E-state index in [0.717, 1.165) is 17.1 Å². The van der Waals surface area contributed by atoms with E-state index in [1.165, 1.54) is 4.68 Å². The summed E-state index contributed by atoms with van der Waals surface area (Å²) in [5.41, 5.74) is 1.46. The summed E-state index contributed by atoms with van der Waals surface area (Å²) in [4.78, 5) is 16.8. The predicted octanol–water partition coefficient (Wildman–Crippen LogP) is 1.38. The normalized spacial score (nSPS) is 19.1. The summed E-state index contributed by atoms with van der Waals surface area (Å²) in [7, 11) is 3.58. The van der Waals surface area contributed by atoms with E-state index in [1.54, 1.807) is 25.4 Å². The Morgan fingerprint density at radius 1 is 1.29 bits per heavy atom. The van der Waals surface area contributed by atoms with Gasteiger partial charge in [-0.15, -0.1) is 0 Å². The van der Waals surface area contributed by atoms with Crippen LogP contribution < -0.4 is 15.6 Å². The lowest BCUT2D eigenvalue weighted by Crippen LogP contribution is -2.41. The molecule has 0 spiro atoms. The molecule has 1 aliphatic heterocycles. The zero-order valence-electron chi connectivity index (χ0n) is 15.9. The molecule has 1 N–H and O–H groups in total. The van der Waals surface area contributed by atoms with Crippen molar-refractivity contribution in [2.45, 2.75) is 18.6 Å². The maximum absolute atomic E-state index is 12.5. The van der Waals surface area contributed by atoms with Crippen LogP contribution in [0.1, 0.15) is 11.9 Å². The Hall–Kier alpha value is -2.97. The Morgan fingerprint density at radius 2 is 2.18 bits per heavy atom. The molecule has 0 saturated carbocycles. The Morgan fingerprint density at radius 3 is 2.96 bits per heavy atom. The zero-order chi connectivity index (χ0) is 19.5. The first-order valence-electron chi connectivity index (χ1n) is 9.17. The highest BCUT2D eigenvalue weighted by atomic mass is 16.5. The maximum atomic E-state index is 12.5. The van der Waals surface area contributed by atoms with Gasteiger partial charge in [0.1, 0.15) is 11.6 Å². The number of nitrogens with zero attached hydrogens (tertiary/aromatic N) is 4. The standard InChI is InChI=1S/C20H23N5O3/c1-24-9-8-21-19(24)11-22-17-12-28-13-18(17)25-20(26)7-6-16(23-25)14-4-3-5-15(10-14)27-2/h3-10,17-18,22H,11-13H2,1-2H3. The van der Waals surface area contributed by atoms with Crippen molar-refractivity contribution in [3.05, 3.63) is 65.0 Å². The van der Waals surface area contributed by atoms with Gasteiger partial charge in [-0.3, -0.25) is 4.79 Å². The van der Waals surface area contributed by atoms with Crippen molar-refractivity contribution in [3.8, 4) is 17.0 Å². The lowest BCUT2D eigenvalue weighted by Gasteiger charge is -2.20. The van der Waals surface area contributed by atoms with Crippen LogP contribution in [0, 0.1) is 0 Å². The molecular weight excluding hydrogens is 358 g/mol. The highest BCUT2D eigenvalue weighted by molar-refractivity contribution is 5.60. The van der Waals surface area contributed by atoms with Gasteiger partial charge in [-0.05, 0) is 18.2 Å². The maximum Gasteiger partial charge on any atom is 0.267 e. The molecule has 3 heterocycles. The highest BCUT2D eigenvalue weighted by Gasteiger charge is 2.31. The van der Waals surface area contributed by atoms with Gasteiger partial charge in [0.15, 0.2) is 0 Å². The average Bonchev–Trinajstić information content (AvgIpc) is 3.35. The highest BCUT2D eigenvalue weighted by Crippen LogP contribution is 2.23. The first kappa shape index (κ1) is 18.4. The predicted molar refractivity (Wildman–Crippen MR) is 104 cm³/mol. The van der Waals surface area contributed by atoms with E-state index in [4.69, 9.17) is 9.47 Å². The van der Waals surface area contributed by atoms with E-state index in [9.17, 15) is 4.79 Å². The molecule has 1 fully saturated rings. The number of imidazole rings is 1. The van der Waals surface area contributed by atoms with Gasteiger partial charge in [0.25, 0.3) is 5.56 Å². The summed E-state index contributed by atoms with van der Waals surface area (Å²) < 4.78 is 14.4. The summed E-state index contributed by atoms with van der Waals surface area (Å²) in [6, 6.07) is 10.7. The molecule has 28 heavy (non-hydrogen) atoms. The fourth-order valence-corrected chi connectivity index (χ4v) is 3.37. The molecule has 1 saturated heterocycles. The number of aromatic nitrogens is 4. The van der Waals surface area contributed by atoms with Gasteiger partial charge in [0.05, 0.1) is 44.6 Å². The molecule has 1 aromatic carbocycles. The third kappa shape index (κ3) is 3.69. The summed E-state index contributed by atoms with van der Waals surface area (Å²) in [5, 5.41) is 8.07. The van der Waals surface area contributed by atoms with Gasteiger partial charge in [0.2, 0.25) is 0 Å². The van der Waals surface area contributed by atoms with Crippen molar-refractivity contribution in [1.82, 2.24) is 24.6 Å². The molecule has 0 bridgehead atoms. The summed E-state index contributed by atoms with van der Waals surface area (Å²) in [5.74, 6) is 1.67. The Kier molecular flexibility index (Phi) is 5.23. The van der Waals surface area contributed by atoms with Crippen molar-refractivity contribution >= 4 is 0 Å². The molecule has 0 aliphatic carbocycles. The van der Waals surface area contributed by atoms with Gasteiger partial charge in [-0.2, -0.15) is 5.10 Å². The summed E-state index contributed by atoms with van der Waals surface area (Å²) in [6.07, 6.45) is 3.67. The molecule has 3 aromatic rings. The van der Waals surface area contributed by atoms with Crippen molar-refractivity contribution in [2.24, 2.45) is 7.05 Å². The summed E-state index contributed by atoms with van der Waals surface area (Å²) >= 11 is 0. The summed E-state index contributed by atoms with van der Waals surface area (Å²) in [6.45, 7) is 1.55. The van der Waals surface area contributed by atoms with Gasteiger partial charge >= 0.3 is 0 Å². The second-order valence-electron chi connectivity index (χ2n) is 6.78. The van der Waals surface area contributed by atoms with Crippen LogP contribution in [0.4, 0.5) is 0 Å². The first-order chi connectivity index (χ1) is 13.7. The van der Waals surface area contributed by atoms with E-state index in [-0.39, 0.29) is 17.6 Å². The third-order valence-corrected chi connectivity index (χ3v) is 5.00. The van der Waals surface area contributed by atoms with E-state index in [0.29, 0.717) is 25.5 Å². The number of nitrogens with one attached hydrogen (secondary N) is 1. The minimum atomic E-state index is -0.182. The fourth-order valence-electron chi connectivity index (χ4n) is 3.37. The third-order valence-electron chi connectivity index (χ3n) is 5.00. The SMILES string of the molecule is COc1cccc(-c2ccc(=O)n(C3COCC3NCc3nccn3C)n2)c1. The van der Waals surface area contributed by atoms with Crippen LogP contribution in [0.5, 0.6) is 5.75 Å². The average molecular weight is 381 g/mol. The molecule has 8 heteroatoms. The number of methoxy groups -OCH3 is 1. The molecule has 146 valence electrons. The van der Waals surface area contributed by atoms with E-state index < -0.39 is 0 Å². The second kappa shape index (κ2) is 7.95. The van der Waals surface area contributed by atoms with Crippen molar-refractivity contribution in [1.29, 1.82) is 0 Å². The Balaban J connectivity index is 1.58. The Labute approximate surface area is 162 Å². The molecule has 0 radical (unpaired) electrons. The largest absolute Gasteiger partial charge is 0.497 e. The molecule has 1 aliphatic rings. The molecule has 0 amide bonds. The molecular formula is C20H23N5O3. The number of ether oxygens (including phenoxy) is 2. The van der Waals surface area contributed by atoms with Crippen LogP contribution in [0.2, 0.25) is 0 Å². The molecule has 2 unspecified atom stereocenters. The topological polar surface area (TPSA) is 83.2 Å². The Bertz CT molecular complexity index is 1010. The molecule has 2 aromatic heterocycles. The van der Waals surface area contributed by atoms with E-state index in [1.807, 2.05) is 42.1 Å². The van der Waals surface area contributed by atoms with Crippen LogP contribution in [0.25, 0.3) is 11.3 Å². The lowest BCUT2D eigenvalue weighted by atomic mass is 10.1. The lowest BCUT2D eigenvalue weighted by molar-refractivity contribution is 0.180. The van der Waals surface area contributed by atoms with E-state index >= 15 is 0 Å². The van der Waals surface area contributed by atoms with Crippen LogP contribution in [-0.4, -0.2) is 45.7 Å². The van der Waals surface area contributed by atoms with Gasteiger partial charge in [0, 0.05) is 31.1 Å². The monoisotopic (exact) mass is 381 g/mol. The van der Waals surface area contributed by atoms with E-state index in [2.05, 4.69) is 15.4 Å². The minimum absolute atomic E-state index is 0.0255. The van der Waals surface area contributed by atoms with Gasteiger partial charge < -0.3 is 19.4 Å². The van der Waals surface area contributed by atoms with Crippen molar-refractivity contribution in [3.63, 3.8) is 0 Å². The van der Waals surface area contributed by atoms with Gasteiger partial charge in [-0.25, -0.2) is 9.67 Å². The molecule has 2 atom stereocenters. The van der Waals surface area contributed by atoms with Crippen LogP contribution in [0.3, 0.4) is 0 Å². The zero-order valence-corrected chi connectivity index (χ0v) is 15.9. The van der Waals surface area contributed by atoms with Crippen LogP contribution >= 0.6 is 0 Å². The molecule has 8 nitrogen and oxygen atoms in total. The number of benzene rings is 1. The second-order valence-corrected chi connectivity index (χ2v) is 6.78. The number of aryl methyl sites for hydroxylation is 1. The minimum Gasteiger partial charge on any atom is -0.497 e. The van der Waals surface area contributed by atoms with Crippen molar-refractivity contribution < 1.29 is 9.47 Å². The van der Waals surface area contributed by atoms with Crippen molar-refractivity contribution in [2.75, 3.05) is 20.3 Å². The first-order valence-corrected chi connectivity index (χ1v) is 9.17. The smallest absolute Gasteiger partial charge is 0.267 e. The van der Waals surface area contributed by atoms with Crippen LogP contribution in [-0.2, 0) is 18.3 Å². The molecule has 4 rings (SSSR count). The number of hydrogen-bond acceptors (Lipinski definition) is 6. The van der Waals surface area contributed by atoms with Crippen LogP contribution in [0.15, 0.2) is 53.6 Å². The number of hydrogen-bond donors (Lipinski definition) is 1. The van der Waals surface area contributed by atoms with Gasteiger partial charge in [-0.1, -0.05) is 12.1 Å². The fraction of sp³-hybridized carbons (Fsp3) is 0.350. The number of rotatable bonds is 6. The quantitative estimate of drug-likeness (QED) is 0.695.